The molecule has 0 atom stereocenters. The van der Waals surface area contributed by atoms with Crippen LogP contribution < -0.4 is 5.32 Å². The summed E-state index contributed by atoms with van der Waals surface area (Å²) in [5, 5.41) is 4.98. The van der Waals surface area contributed by atoms with E-state index in [1.54, 1.807) is 0 Å². The van der Waals surface area contributed by atoms with Gasteiger partial charge in [0.2, 0.25) is 0 Å². The molecular formula is C12H13ClN2. The van der Waals surface area contributed by atoms with Crippen molar-refractivity contribution >= 4 is 28.3 Å². The van der Waals surface area contributed by atoms with Crippen LogP contribution in [0.4, 0.5) is 5.82 Å². The van der Waals surface area contributed by atoms with Crippen LogP contribution in [0.15, 0.2) is 18.2 Å². The van der Waals surface area contributed by atoms with E-state index in [0.717, 1.165) is 32.9 Å². The summed E-state index contributed by atoms with van der Waals surface area (Å²) in [6.07, 6.45) is 0. The van der Waals surface area contributed by atoms with Crippen molar-refractivity contribution in [3.8, 4) is 0 Å². The van der Waals surface area contributed by atoms with E-state index in [9.17, 15) is 0 Å². The van der Waals surface area contributed by atoms with Crippen LogP contribution in [0.3, 0.4) is 0 Å². The van der Waals surface area contributed by atoms with Gasteiger partial charge < -0.3 is 5.32 Å². The zero-order valence-corrected chi connectivity index (χ0v) is 9.81. The third-order valence-corrected chi connectivity index (χ3v) is 3.01. The normalized spacial score (nSPS) is 10.7. The molecule has 0 saturated carbocycles. The van der Waals surface area contributed by atoms with E-state index in [1.807, 2.05) is 33.0 Å². The molecule has 2 rings (SSSR count). The SMILES string of the molecule is CNc1nc2c(C)c(Cl)ccc2cc1C. The van der Waals surface area contributed by atoms with Gasteiger partial charge in [-0.1, -0.05) is 17.7 Å². The number of anilines is 1. The molecule has 0 saturated heterocycles. The predicted octanol–water partition coefficient (Wildman–Crippen LogP) is 3.55. The smallest absolute Gasteiger partial charge is 0.129 e. The van der Waals surface area contributed by atoms with Gasteiger partial charge in [0.25, 0.3) is 0 Å². The van der Waals surface area contributed by atoms with Gasteiger partial charge in [-0.25, -0.2) is 4.98 Å². The summed E-state index contributed by atoms with van der Waals surface area (Å²) < 4.78 is 0. The van der Waals surface area contributed by atoms with Crippen LogP contribution in [0, 0.1) is 13.8 Å². The highest BCUT2D eigenvalue weighted by Gasteiger charge is 2.06. The second kappa shape index (κ2) is 3.70. The number of fused-ring (bicyclic) bond motifs is 1. The number of nitrogens with zero attached hydrogens (tertiary/aromatic N) is 1. The minimum absolute atomic E-state index is 0.765. The lowest BCUT2D eigenvalue weighted by Crippen LogP contribution is -1.97. The van der Waals surface area contributed by atoms with Crippen LogP contribution in [0.2, 0.25) is 5.02 Å². The largest absolute Gasteiger partial charge is 0.373 e. The highest BCUT2D eigenvalue weighted by atomic mass is 35.5. The number of aromatic nitrogens is 1. The molecule has 15 heavy (non-hydrogen) atoms. The Morgan fingerprint density at radius 1 is 1.27 bits per heavy atom. The molecule has 0 aliphatic heterocycles. The highest BCUT2D eigenvalue weighted by molar-refractivity contribution is 6.32. The van der Waals surface area contributed by atoms with Crippen LogP contribution in [0.5, 0.6) is 0 Å². The summed E-state index contributed by atoms with van der Waals surface area (Å²) in [6, 6.07) is 6.04. The number of nitrogens with one attached hydrogen (secondary N) is 1. The first-order valence-electron chi connectivity index (χ1n) is 4.87. The third kappa shape index (κ3) is 1.65. The first-order valence-corrected chi connectivity index (χ1v) is 5.25. The van der Waals surface area contributed by atoms with Crippen molar-refractivity contribution in [3.05, 3.63) is 34.3 Å². The van der Waals surface area contributed by atoms with Gasteiger partial charge in [-0.2, -0.15) is 0 Å². The molecule has 0 radical (unpaired) electrons. The van der Waals surface area contributed by atoms with Crippen molar-refractivity contribution in [2.45, 2.75) is 13.8 Å². The molecule has 0 fully saturated rings. The third-order valence-electron chi connectivity index (χ3n) is 2.60. The number of hydrogen-bond donors (Lipinski definition) is 1. The topological polar surface area (TPSA) is 24.9 Å². The fraction of sp³-hybridized carbons (Fsp3) is 0.250. The van der Waals surface area contributed by atoms with E-state index in [2.05, 4.69) is 16.4 Å². The monoisotopic (exact) mass is 220 g/mol. The predicted molar refractivity (Wildman–Crippen MR) is 65.8 cm³/mol. The summed E-state index contributed by atoms with van der Waals surface area (Å²) >= 11 is 6.06. The molecule has 1 aromatic heterocycles. The zero-order valence-electron chi connectivity index (χ0n) is 9.06. The van der Waals surface area contributed by atoms with Gasteiger partial charge in [0, 0.05) is 17.5 Å². The van der Waals surface area contributed by atoms with E-state index in [-0.39, 0.29) is 0 Å². The fourth-order valence-corrected chi connectivity index (χ4v) is 1.87. The molecular weight excluding hydrogens is 208 g/mol. The summed E-state index contributed by atoms with van der Waals surface area (Å²) in [6.45, 7) is 4.04. The lowest BCUT2D eigenvalue weighted by Gasteiger charge is -2.09. The number of benzene rings is 1. The lowest BCUT2D eigenvalue weighted by molar-refractivity contribution is 1.27. The van der Waals surface area contributed by atoms with Gasteiger partial charge in [-0.3, -0.25) is 0 Å². The van der Waals surface area contributed by atoms with E-state index in [0.29, 0.717) is 0 Å². The second-order valence-electron chi connectivity index (χ2n) is 3.65. The van der Waals surface area contributed by atoms with Crippen LogP contribution >= 0.6 is 11.6 Å². The maximum atomic E-state index is 6.06. The van der Waals surface area contributed by atoms with E-state index >= 15 is 0 Å². The van der Waals surface area contributed by atoms with Crippen molar-refractivity contribution < 1.29 is 0 Å². The van der Waals surface area contributed by atoms with Gasteiger partial charge in [0.05, 0.1) is 5.52 Å². The quantitative estimate of drug-likeness (QED) is 0.795. The van der Waals surface area contributed by atoms with E-state index < -0.39 is 0 Å². The van der Waals surface area contributed by atoms with Crippen LogP contribution in [-0.4, -0.2) is 12.0 Å². The van der Waals surface area contributed by atoms with Crippen molar-refractivity contribution in [2.24, 2.45) is 0 Å². The Kier molecular flexibility index (Phi) is 2.53. The summed E-state index contributed by atoms with van der Waals surface area (Å²) in [5.41, 5.74) is 3.15. The van der Waals surface area contributed by atoms with Crippen molar-refractivity contribution in [3.63, 3.8) is 0 Å². The first kappa shape index (κ1) is 10.2. The Hall–Kier alpha value is -1.28. The Bertz CT molecular complexity index is 521. The molecule has 1 aromatic carbocycles. The van der Waals surface area contributed by atoms with Gasteiger partial charge in [0.1, 0.15) is 5.82 Å². The second-order valence-corrected chi connectivity index (χ2v) is 4.06. The number of halogens is 1. The fourth-order valence-electron chi connectivity index (χ4n) is 1.72. The maximum Gasteiger partial charge on any atom is 0.129 e. The van der Waals surface area contributed by atoms with Gasteiger partial charge in [-0.15, -0.1) is 0 Å². The molecule has 0 aliphatic carbocycles. The van der Waals surface area contributed by atoms with Crippen LogP contribution in [0.25, 0.3) is 10.9 Å². The standard InChI is InChI=1S/C12H13ClN2/c1-7-6-9-4-5-10(13)8(2)11(9)15-12(7)14-3/h4-6H,1-3H3,(H,14,15). The van der Waals surface area contributed by atoms with Crippen molar-refractivity contribution in [2.75, 3.05) is 12.4 Å². The van der Waals surface area contributed by atoms with Crippen molar-refractivity contribution in [1.29, 1.82) is 0 Å². The van der Waals surface area contributed by atoms with Crippen molar-refractivity contribution in [1.82, 2.24) is 4.98 Å². The van der Waals surface area contributed by atoms with Gasteiger partial charge >= 0.3 is 0 Å². The Morgan fingerprint density at radius 3 is 2.67 bits per heavy atom. The molecule has 0 aliphatic rings. The van der Waals surface area contributed by atoms with Gasteiger partial charge in [0.15, 0.2) is 0 Å². The van der Waals surface area contributed by atoms with E-state index in [4.69, 9.17) is 11.6 Å². The van der Waals surface area contributed by atoms with E-state index in [1.165, 1.54) is 0 Å². The molecule has 2 nitrogen and oxygen atoms in total. The molecule has 3 heteroatoms. The van der Waals surface area contributed by atoms with Crippen LogP contribution in [-0.2, 0) is 0 Å². The molecule has 78 valence electrons. The molecule has 1 N–H and O–H groups in total. The molecule has 1 heterocycles. The summed E-state index contributed by atoms with van der Waals surface area (Å²) in [4.78, 5) is 4.56. The summed E-state index contributed by atoms with van der Waals surface area (Å²) in [5.74, 6) is 0.910. The minimum Gasteiger partial charge on any atom is -0.373 e. The minimum atomic E-state index is 0.765. The lowest BCUT2D eigenvalue weighted by atomic mass is 10.1. The van der Waals surface area contributed by atoms with Crippen LogP contribution in [0.1, 0.15) is 11.1 Å². The van der Waals surface area contributed by atoms with Gasteiger partial charge in [-0.05, 0) is 37.1 Å². The number of pyridine rings is 1. The number of rotatable bonds is 1. The average molecular weight is 221 g/mol. The molecule has 0 unspecified atom stereocenters. The average Bonchev–Trinajstić information content (AvgIpc) is 2.23. The summed E-state index contributed by atoms with van der Waals surface area (Å²) in [7, 11) is 1.88. The Labute approximate surface area is 94.3 Å². The number of aryl methyl sites for hydroxylation is 2. The molecule has 0 amide bonds. The number of hydrogen-bond acceptors (Lipinski definition) is 2. The molecule has 0 bridgehead atoms. The molecule has 2 aromatic rings. The molecule has 0 spiro atoms. The Morgan fingerprint density at radius 2 is 2.00 bits per heavy atom. The first-order chi connectivity index (χ1) is 7.13. The maximum absolute atomic E-state index is 6.06. The highest BCUT2D eigenvalue weighted by Crippen LogP contribution is 2.26. The Balaban J connectivity index is 2.82. The zero-order chi connectivity index (χ0) is 11.0.